The normalized spacial score (nSPS) is 27.4. The number of carbonyl (C=O) groups excluding carboxylic acids is 4. The third-order valence-electron chi connectivity index (χ3n) is 6.43. The van der Waals surface area contributed by atoms with Gasteiger partial charge in [-0.1, -0.05) is 12.8 Å². The molecule has 0 aromatic rings. The third kappa shape index (κ3) is 3.36. The van der Waals surface area contributed by atoms with Gasteiger partial charge in [-0.25, -0.2) is 4.79 Å². The molecule has 4 rings (SSSR count). The number of likely N-dealkylation sites (tertiary alicyclic amines) is 1. The van der Waals surface area contributed by atoms with Gasteiger partial charge in [0, 0.05) is 19.6 Å². The lowest BCUT2D eigenvalue weighted by Gasteiger charge is -2.39. The van der Waals surface area contributed by atoms with Crippen LogP contribution in [0, 0.1) is 0 Å². The molecule has 154 valence electrons. The first-order valence-corrected chi connectivity index (χ1v) is 10.3. The molecule has 0 bridgehead atoms. The summed E-state index contributed by atoms with van der Waals surface area (Å²) in [6.07, 6.45) is 5.38. The van der Waals surface area contributed by atoms with E-state index in [1.54, 1.807) is 9.80 Å². The summed E-state index contributed by atoms with van der Waals surface area (Å²) in [5, 5.41) is 2.80. The van der Waals surface area contributed by atoms with Crippen molar-refractivity contribution in [2.75, 3.05) is 39.4 Å². The number of hydrogen-bond donors (Lipinski definition) is 1. The van der Waals surface area contributed by atoms with Gasteiger partial charge in [0.2, 0.25) is 11.8 Å². The second-order valence-electron chi connectivity index (χ2n) is 8.15. The lowest BCUT2D eigenvalue weighted by Crippen LogP contribution is -2.57. The van der Waals surface area contributed by atoms with Gasteiger partial charge < -0.3 is 19.9 Å². The summed E-state index contributed by atoms with van der Waals surface area (Å²) in [7, 11) is 0. The summed E-state index contributed by atoms with van der Waals surface area (Å²) in [4.78, 5) is 55.5. The predicted molar refractivity (Wildman–Crippen MR) is 98.2 cm³/mol. The minimum atomic E-state index is -0.817. The average Bonchev–Trinajstić information content (AvgIpc) is 3.28. The van der Waals surface area contributed by atoms with Crippen molar-refractivity contribution in [2.45, 2.75) is 56.5 Å². The summed E-state index contributed by atoms with van der Waals surface area (Å²) in [5.74, 6) is -0.679. The fraction of sp³-hybridized carbons (Fsp3) is 0.789. The largest absolute Gasteiger partial charge is 0.378 e. The van der Waals surface area contributed by atoms with Crippen molar-refractivity contribution in [3.05, 3.63) is 0 Å². The maximum absolute atomic E-state index is 13.0. The van der Waals surface area contributed by atoms with Crippen LogP contribution in [0.5, 0.6) is 0 Å². The molecule has 0 radical (unpaired) electrons. The molecule has 1 N–H and O–H groups in total. The van der Waals surface area contributed by atoms with Crippen molar-refractivity contribution >= 4 is 23.8 Å². The lowest BCUT2D eigenvalue weighted by molar-refractivity contribution is -0.151. The highest BCUT2D eigenvalue weighted by Crippen LogP contribution is 2.35. The Morgan fingerprint density at radius 3 is 2.46 bits per heavy atom. The molecule has 9 nitrogen and oxygen atoms in total. The lowest BCUT2D eigenvalue weighted by atomic mass is 9.98. The fourth-order valence-corrected chi connectivity index (χ4v) is 4.84. The molecule has 5 amide bonds. The highest BCUT2D eigenvalue weighted by atomic mass is 16.5. The first-order valence-electron chi connectivity index (χ1n) is 10.3. The molecule has 28 heavy (non-hydrogen) atoms. The van der Waals surface area contributed by atoms with Crippen molar-refractivity contribution in [2.24, 2.45) is 0 Å². The SMILES string of the molecule is O=C(C1CCCCN1C(=O)CN1C(=O)NC2(CCCC2)C1=O)N1CCOCC1. The van der Waals surface area contributed by atoms with E-state index in [0.29, 0.717) is 52.1 Å². The van der Waals surface area contributed by atoms with Crippen molar-refractivity contribution in [1.29, 1.82) is 0 Å². The van der Waals surface area contributed by atoms with Gasteiger partial charge in [-0.05, 0) is 32.1 Å². The van der Waals surface area contributed by atoms with E-state index in [9.17, 15) is 19.2 Å². The molecular weight excluding hydrogens is 364 g/mol. The highest BCUT2D eigenvalue weighted by Gasteiger charge is 2.53. The number of piperidine rings is 1. The molecule has 4 fully saturated rings. The molecule has 3 heterocycles. The summed E-state index contributed by atoms with van der Waals surface area (Å²) in [6, 6.07) is -1.01. The number of carbonyl (C=O) groups is 4. The van der Waals surface area contributed by atoms with Crippen LogP contribution in [0.15, 0.2) is 0 Å². The van der Waals surface area contributed by atoms with Gasteiger partial charge in [0.15, 0.2) is 0 Å². The van der Waals surface area contributed by atoms with Crippen molar-refractivity contribution in [3.63, 3.8) is 0 Å². The monoisotopic (exact) mass is 392 g/mol. The van der Waals surface area contributed by atoms with Crippen LogP contribution in [-0.4, -0.2) is 89.4 Å². The van der Waals surface area contributed by atoms with Crippen LogP contribution in [-0.2, 0) is 19.1 Å². The van der Waals surface area contributed by atoms with Crippen LogP contribution >= 0.6 is 0 Å². The fourth-order valence-electron chi connectivity index (χ4n) is 4.84. The molecule has 4 aliphatic rings. The van der Waals surface area contributed by atoms with E-state index in [4.69, 9.17) is 4.74 Å². The number of ether oxygens (including phenoxy) is 1. The Hall–Kier alpha value is -2.16. The summed E-state index contributed by atoms with van der Waals surface area (Å²) in [6.45, 7) is 2.28. The van der Waals surface area contributed by atoms with E-state index in [1.807, 2.05) is 0 Å². The molecule has 3 aliphatic heterocycles. The standard InChI is InChI=1S/C19H28N4O5/c24-15(13-23-17(26)19(20-18(23)27)6-2-3-7-19)22-8-4-1-5-14(22)16(25)21-9-11-28-12-10-21/h14H,1-13H2,(H,20,27). The molecule has 1 atom stereocenters. The number of imide groups is 1. The van der Waals surface area contributed by atoms with Crippen LogP contribution in [0.25, 0.3) is 0 Å². The van der Waals surface area contributed by atoms with Gasteiger partial charge in [-0.2, -0.15) is 0 Å². The van der Waals surface area contributed by atoms with Crippen LogP contribution < -0.4 is 5.32 Å². The molecular formula is C19H28N4O5. The molecule has 1 saturated carbocycles. The van der Waals surface area contributed by atoms with Crippen LogP contribution in [0.3, 0.4) is 0 Å². The van der Waals surface area contributed by atoms with Gasteiger partial charge in [0.05, 0.1) is 13.2 Å². The van der Waals surface area contributed by atoms with Gasteiger partial charge in [0.1, 0.15) is 18.1 Å². The Morgan fingerprint density at radius 1 is 1.04 bits per heavy atom. The molecule has 0 aromatic carbocycles. The molecule has 1 unspecified atom stereocenters. The highest BCUT2D eigenvalue weighted by molar-refractivity contribution is 6.09. The Labute approximate surface area is 164 Å². The Bertz CT molecular complexity index is 669. The topological polar surface area (TPSA) is 99.3 Å². The minimum absolute atomic E-state index is 0.0548. The Kier molecular flexibility index (Phi) is 5.27. The Morgan fingerprint density at radius 2 is 1.75 bits per heavy atom. The third-order valence-corrected chi connectivity index (χ3v) is 6.43. The number of morpholine rings is 1. The maximum atomic E-state index is 13.0. The van der Waals surface area contributed by atoms with E-state index in [0.717, 1.165) is 30.6 Å². The van der Waals surface area contributed by atoms with Crippen molar-refractivity contribution in [3.8, 4) is 0 Å². The van der Waals surface area contributed by atoms with E-state index in [-0.39, 0.29) is 24.3 Å². The second-order valence-corrected chi connectivity index (χ2v) is 8.15. The molecule has 1 aliphatic carbocycles. The predicted octanol–water partition coefficient (Wildman–Crippen LogP) is 0.0909. The first-order chi connectivity index (χ1) is 13.5. The van der Waals surface area contributed by atoms with Gasteiger partial charge in [0.25, 0.3) is 5.91 Å². The smallest absolute Gasteiger partial charge is 0.325 e. The van der Waals surface area contributed by atoms with Gasteiger partial charge >= 0.3 is 6.03 Å². The van der Waals surface area contributed by atoms with Crippen LogP contribution in [0.4, 0.5) is 4.79 Å². The van der Waals surface area contributed by atoms with E-state index >= 15 is 0 Å². The molecule has 3 saturated heterocycles. The van der Waals surface area contributed by atoms with Crippen molar-refractivity contribution < 1.29 is 23.9 Å². The average molecular weight is 392 g/mol. The minimum Gasteiger partial charge on any atom is -0.378 e. The van der Waals surface area contributed by atoms with Crippen LogP contribution in [0.1, 0.15) is 44.9 Å². The Balaban J connectivity index is 1.44. The summed E-state index contributed by atoms with van der Waals surface area (Å²) < 4.78 is 5.31. The number of rotatable bonds is 3. The number of amides is 5. The van der Waals surface area contributed by atoms with E-state index in [1.165, 1.54) is 0 Å². The molecule has 1 spiro atoms. The van der Waals surface area contributed by atoms with Crippen LogP contribution in [0.2, 0.25) is 0 Å². The maximum Gasteiger partial charge on any atom is 0.325 e. The summed E-state index contributed by atoms with van der Waals surface area (Å²) in [5.41, 5.74) is -0.817. The van der Waals surface area contributed by atoms with Crippen molar-refractivity contribution in [1.82, 2.24) is 20.0 Å². The quantitative estimate of drug-likeness (QED) is 0.687. The van der Waals surface area contributed by atoms with Gasteiger partial charge in [-0.15, -0.1) is 0 Å². The molecule has 0 aromatic heterocycles. The number of nitrogens with one attached hydrogen (secondary N) is 1. The van der Waals surface area contributed by atoms with E-state index < -0.39 is 17.6 Å². The van der Waals surface area contributed by atoms with Gasteiger partial charge in [-0.3, -0.25) is 19.3 Å². The summed E-state index contributed by atoms with van der Waals surface area (Å²) >= 11 is 0. The molecule has 9 heteroatoms. The second kappa shape index (κ2) is 7.69. The van der Waals surface area contributed by atoms with E-state index in [2.05, 4.69) is 5.32 Å². The number of hydrogen-bond acceptors (Lipinski definition) is 5. The first kappa shape index (κ1) is 19.2. The number of nitrogens with zero attached hydrogens (tertiary/aromatic N) is 3. The zero-order valence-corrected chi connectivity index (χ0v) is 16.2. The number of urea groups is 1. The zero-order chi connectivity index (χ0) is 19.7. The zero-order valence-electron chi connectivity index (χ0n) is 16.2.